The SMILES string of the molecule is Cc1cc(NC(=O)C2CCCCN2C(=O)C2CC2)ccc1NC(=O)CN(C)C. The summed E-state index contributed by atoms with van der Waals surface area (Å²) in [5.41, 5.74) is 2.28. The van der Waals surface area contributed by atoms with Gasteiger partial charge in [0, 0.05) is 23.8 Å². The molecular weight excluding hydrogens is 356 g/mol. The molecule has 1 saturated heterocycles. The number of carbonyl (C=O) groups is 3. The number of carbonyl (C=O) groups excluding carboxylic acids is 3. The summed E-state index contributed by atoms with van der Waals surface area (Å²) in [6.45, 7) is 2.87. The van der Waals surface area contributed by atoms with Crippen molar-refractivity contribution >= 4 is 29.1 Å². The standard InChI is InChI=1S/C21H30N4O3/c1-14-12-16(9-10-17(14)23-19(26)13-24(2)3)22-20(27)18-6-4-5-11-25(18)21(28)15-7-8-15/h9-10,12,15,18H,4-8,11,13H2,1-3H3,(H,22,27)(H,23,26). The Morgan fingerprint density at radius 1 is 1.11 bits per heavy atom. The van der Waals surface area contributed by atoms with Gasteiger partial charge in [-0.1, -0.05) is 0 Å². The number of aryl methyl sites for hydroxylation is 1. The largest absolute Gasteiger partial charge is 0.330 e. The molecule has 2 fully saturated rings. The van der Waals surface area contributed by atoms with Gasteiger partial charge in [-0.15, -0.1) is 0 Å². The second-order valence-corrected chi connectivity index (χ2v) is 8.12. The molecule has 0 aromatic heterocycles. The lowest BCUT2D eigenvalue weighted by atomic mass is 10.0. The molecule has 1 aliphatic heterocycles. The number of anilines is 2. The lowest BCUT2D eigenvalue weighted by Gasteiger charge is -2.35. The molecule has 3 rings (SSSR count). The van der Waals surface area contributed by atoms with Crippen LogP contribution >= 0.6 is 0 Å². The van der Waals surface area contributed by atoms with Gasteiger partial charge in [0.15, 0.2) is 0 Å². The van der Waals surface area contributed by atoms with Crippen molar-refractivity contribution in [2.24, 2.45) is 5.92 Å². The predicted octanol–water partition coefficient (Wildman–Crippen LogP) is 2.22. The summed E-state index contributed by atoms with van der Waals surface area (Å²) in [6, 6.07) is 5.04. The van der Waals surface area contributed by atoms with E-state index in [2.05, 4.69) is 10.6 Å². The van der Waals surface area contributed by atoms with Gasteiger partial charge in [0.05, 0.1) is 6.54 Å². The fourth-order valence-corrected chi connectivity index (χ4v) is 3.62. The second-order valence-electron chi connectivity index (χ2n) is 8.12. The molecule has 7 nitrogen and oxygen atoms in total. The van der Waals surface area contributed by atoms with Crippen LogP contribution in [-0.4, -0.2) is 60.7 Å². The van der Waals surface area contributed by atoms with Crippen molar-refractivity contribution in [2.75, 3.05) is 37.8 Å². The van der Waals surface area contributed by atoms with Crippen molar-refractivity contribution in [3.05, 3.63) is 23.8 Å². The highest BCUT2D eigenvalue weighted by Gasteiger charge is 2.39. The number of nitrogens with one attached hydrogen (secondary N) is 2. The van der Waals surface area contributed by atoms with E-state index in [1.165, 1.54) is 0 Å². The molecular formula is C21H30N4O3. The Morgan fingerprint density at radius 3 is 2.50 bits per heavy atom. The van der Waals surface area contributed by atoms with Gasteiger partial charge in [-0.3, -0.25) is 14.4 Å². The topological polar surface area (TPSA) is 81.8 Å². The monoisotopic (exact) mass is 386 g/mol. The van der Waals surface area contributed by atoms with Crippen LogP contribution in [0.15, 0.2) is 18.2 Å². The Labute approximate surface area is 166 Å². The van der Waals surface area contributed by atoms with E-state index in [-0.39, 0.29) is 29.7 Å². The Morgan fingerprint density at radius 2 is 1.86 bits per heavy atom. The molecule has 152 valence electrons. The molecule has 0 bridgehead atoms. The van der Waals surface area contributed by atoms with Crippen LogP contribution in [0, 0.1) is 12.8 Å². The summed E-state index contributed by atoms with van der Waals surface area (Å²) in [5.74, 6) is 0.0505. The maximum Gasteiger partial charge on any atom is 0.247 e. The van der Waals surface area contributed by atoms with Crippen LogP contribution in [0.4, 0.5) is 11.4 Å². The number of nitrogens with zero attached hydrogens (tertiary/aromatic N) is 2. The first kappa shape index (κ1) is 20.3. The minimum absolute atomic E-state index is 0.0821. The molecule has 7 heteroatoms. The first-order valence-corrected chi connectivity index (χ1v) is 10.0. The van der Waals surface area contributed by atoms with Gasteiger partial charge in [0.2, 0.25) is 17.7 Å². The van der Waals surface area contributed by atoms with Crippen LogP contribution in [0.25, 0.3) is 0 Å². The van der Waals surface area contributed by atoms with Crippen molar-refractivity contribution in [2.45, 2.75) is 45.1 Å². The molecule has 1 aliphatic carbocycles. The molecule has 1 atom stereocenters. The van der Waals surface area contributed by atoms with E-state index in [4.69, 9.17) is 0 Å². The Kier molecular flexibility index (Phi) is 6.34. The van der Waals surface area contributed by atoms with Crippen LogP contribution in [-0.2, 0) is 14.4 Å². The van der Waals surface area contributed by atoms with Crippen LogP contribution in [0.5, 0.6) is 0 Å². The number of amides is 3. The predicted molar refractivity (Wildman–Crippen MR) is 109 cm³/mol. The van der Waals surface area contributed by atoms with E-state index < -0.39 is 0 Å². The maximum atomic E-state index is 12.8. The molecule has 1 aromatic carbocycles. The zero-order chi connectivity index (χ0) is 20.3. The molecule has 1 aromatic rings. The van der Waals surface area contributed by atoms with Gasteiger partial charge in [-0.25, -0.2) is 0 Å². The highest BCUT2D eigenvalue weighted by atomic mass is 16.2. The number of benzene rings is 1. The summed E-state index contributed by atoms with van der Waals surface area (Å²) in [7, 11) is 3.68. The Hall–Kier alpha value is -2.41. The van der Waals surface area contributed by atoms with Crippen molar-refractivity contribution in [1.29, 1.82) is 0 Å². The average molecular weight is 386 g/mol. The van der Waals surface area contributed by atoms with Crippen molar-refractivity contribution in [3.8, 4) is 0 Å². The molecule has 2 N–H and O–H groups in total. The van der Waals surface area contributed by atoms with Crippen molar-refractivity contribution in [1.82, 2.24) is 9.80 Å². The molecule has 1 saturated carbocycles. The van der Waals surface area contributed by atoms with Gasteiger partial charge < -0.3 is 20.4 Å². The van der Waals surface area contributed by atoms with Crippen LogP contribution < -0.4 is 10.6 Å². The van der Waals surface area contributed by atoms with E-state index in [1.807, 2.05) is 27.1 Å². The summed E-state index contributed by atoms with van der Waals surface area (Å²) in [4.78, 5) is 40.9. The zero-order valence-electron chi connectivity index (χ0n) is 17.0. The van der Waals surface area contributed by atoms with Crippen LogP contribution in [0.3, 0.4) is 0 Å². The number of likely N-dealkylation sites (N-methyl/N-ethyl adjacent to an activating group) is 1. The Balaban J connectivity index is 1.63. The molecule has 2 aliphatic rings. The summed E-state index contributed by atoms with van der Waals surface area (Å²) in [6.07, 6.45) is 4.53. The van der Waals surface area contributed by atoms with Crippen molar-refractivity contribution in [3.63, 3.8) is 0 Å². The first-order chi connectivity index (χ1) is 13.3. The smallest absolute Gasteiger partial charge is 0.247 e. The van der Waals surface area contributed by atoms with Gasteiger partial charge in [0.1, 0.15) is 6.04 Å². The Bertz CT molecular complexity index is 758. The second kappa shape index (κ2) is 8.73. The molecule has 3 amide bonds. The van der Waals surface area contributed by atoms with E-state index >= 15 is 0 Å². The number of rotatable bonds is 6. The summed E-state index contributed by atoms with van der Waals surface area (Å²) < 4.78 is 0. The van der Waals surface area contributed by atoms with Gasteiger partial charge in [-0.05, 0) is 76.9 Å². The van der Waals surface area contributed by atoms with Crippen LogP contribution in [0.1, 0.15) is 37.7 Å². The molecule has 1 unspecified atom stereocenters. The number of likely N-dealkylation sites (tertiary alicyclic amines) is 1. The lowest BCUT2D eigenvalue weighted by Crippen LogP contribution is -2.50. The maximum absolute atomic E-state index is 12.8. The molecule has 0 radical (unpaired) electrons. The average Bonchev–Trinajstić information content (AvgIpc) is 3.48. The number of hydrogen-bond donors (Lipinski definition) is 2. The van der Waals surface area contributed by atoms with E-state index in [0.717, 1.165) is 36.9 Å². The highest BCUT2D eigenvalue weighted by molar-refractivity contribution is 5.98. The van der Waals surface area contributed by atoms with Gasteiger partial charge >= 0.3 is 0 Å². The normalized spacial score (nSPS) is 19.4. The van der Waals surface area contributed by atoms with Crippen LogP contribution in [0.2, 0.25) is 0 Å². The number of piperidine rings is 1. The lowest BCUT2D eigenvalue weighted by molar-refractivity contribution is -0.141. The zero-order valence-corrected chi connectivity index (χ0v) is 17.0. The number of hydrogen-bond acceptors (Lipinski definition) is 4. The highest BCUT2D eigenvalue weighted by Crippen LogP contribution is 2.33. The third-order valence-electron chi connectivity index (χ3n) is 5.24. The summed E-state index contributed by atoms with van der Waals surface area (Å²) >= 11 is 0. The van der Waals surface area contributed by atoms with E-state index in [0.29, 0.717) is 25.2 Å². The molecule has 1 heterocycles. The third kappa shape index (κ3) is 5.10. The quantitative estimate of drug-likeness (QED) is 0.786. The summed E-state index contributed by atoms with van der Waals surface area (Å²) in [5, 5.41) is 5.84. The van der Waals surface area contributed by atoms with E-state index in [9.17, 15) is 14.4 Å². The molecule has 0 spiro atoms. The molecule has 28 heavy (non-hydrogen) atoms. The third-order valence-corrected chi connectivity index (χ3v) is 5.24. The fraction of sp³-hybridized carbons (Fsp3) is 0.571. The minimum atomic E-state index is -0.387. The minimum Gasteiger partial charge on any atom is -0.330 e. The fourth-order valence-electron chi connectivity index (χ4n) is 3.62. The van der Waals surface area contributed by atoms with Gasteiger partial charge in [-0.2, -0.15) is 0 Å². The first-order valence-electron chi connectivity index (χ1n) is 10.0. The van der Waals surface area contributed by atoms with Gasteiger partial charge in [0.25, 0.3) is 0 Å². The van der Waals surface area contributed by atoms with E-state index in [1.54, 1.807) is 21.9 Å². The van der Waals surface area contributed by atoms with Crippen molar-refractivity contribution < 1.29 is 14.4 Å².